The van der Waals surface area contributed by atoms with Crippen LogP contribution in [0.1, 0.15) is 11.3 Å². The maximum Gasteiger partial charge on any atom is 0.325 e. The molecule has 0 bridgehead atoms. The van der Waals surface area contributed by atoms with Crippen LogP contribution in [0.5, 0.6) is 5.75 Å². The van der Waals surface area contributed by atoms with E-state index in [1.54, 1.807) is 25.5 Å². The molecule has 0 spiro atoms. The Morgan fingerprint density at radius 2 is 2.24 bits per heavy atom. The summed E-state index contributed by atoms with van der Waals surface area (Å²) in [5.41, 5.74) is 1.90. The fourth-order valence-electron chi connectivity index (χ4n) is 2.39. The molecule has 25 heavy (non-hydrogen) atoms. The highest BCUT2D eigenvalue weighted by molar-refractivity contribution is 5.88. The molecule has 9 nitrogen and oxygen atoms in total. The number of carboxylic acids is 1. The van der Waals surface area contributed by atoms with Crippen LogP contribution in [-0.4, -0.2) is 39.1 Å². The maximum absolute atomic E-state index is 12.1. The molecule has 0 atom stereocenters. The predicted octanol–water partition coefficient (Wildman–Crippen LogP) is 0.976. The van der Waals surface area contributed by atoms with Crippen LogP contribution in [0.4, 0.5) is 0 Å². The van der Waals surface area contributed by atoms with Crippen LogP contribution in [0.15, 0.2) is 35.1 Å². The quantitative estimate of drug-likeness (QED) is 0.655. The number of carbonyl (C=O) groups is 2. The number of aliphatic carboxylic acids is 1. The number of hydrogen-bond acceptors (Lipinski definition) is 6. The average Bonchev–Trinajstić information content (AvgIpc) is 3.19. The zero-order valence-corrected chi connectivity index (χ0v) is 13.4. The van der Waals surface area contributed by atoms with Gasteiger partial charge in [0.05, 0.1) is 32.5 Å². The summed E-state index contributed by atoms with van der Waals surface area (Å²) >= 11 is 0. The number of aromatic nitrogens is 3. The minimum atomic E-state index is -1.01. The highest BCUT2D eigenvalue weighted by Gasteiger charge is 2.12. The van der Waals surface area contributed by atoms with Crippen LogP contribution in [0.2, 0.25) is 0 Å². The van der Waals surface area contributed by atoms with Crippen molar-refractivity contribution in [3.8, 4) is 5.75 Å². The van der Waals surface area contributed by atoms with Crippen LogP contribution in [0.25, 0.3) is 11.0 Å². The van der Waals surface area contributed by atoms with Gasteiger partial charge in [0.25, 0.3) is 0 Å². The molecule has 2 N–H and O–H groups in total. The number of furan rings is 1. The molecule has 0 aliphatic rings. The molecule has 2 aromatic heterocycles. The van der Waals surface area contributed by atoms with Crippen molar-refractivity contribution in [2.24, 2.45) is 0 Å². The summed E-state index contributed by atoms with van der Waals surface area (Å²) < 4.78 is 11.8. The lowest BCUT2D eigenvalue weighted by molar-refractivity contribution is -0.138. The number of carboxylic acid groups (broad SMARTS) is 1. The van der Waals surface area contributed by atoms with Crippen molar-refractivity contribution in [2.75, 3.05) is 7.11 Å². The lowest BCUT2D eigenvalue weighted by atomic mass is 10.1. The van der Waals surface area contributed by atoms with Crippen molar-refractivity contribution in [3.05, 3.63) is 41.9 Å². The van der Waals surface area contributed by atoms with Crippen LogP contribution < -0.4 is 10.1 Å². The van der Waals surface area contributed by atoms with E-state index in [0.717, 1.165) is 10.9 Å². The summed E-state index contributed by atoms with van der Waals surface area (Å²) in [5, 5.41) is 19.7. The van der Waals surface area contributed by atoms with E-state index in [1.807, 2.05) is 6.07 Å². The molecule has 130 valence electrons. The van der Waals surface area contributed by atoms with Gasteiger partial charge in [-0.25, -0.2) is 4.68 Å². The third-order valence-electron chi connectivity index (χ3n) is 3.56. The van der Waals surface area contributed by atoms with Gasteiger partial charge >= 0.3 is 5.97 Å². The van der Waals surface area contributed by atoms with Gasteiger partial charge in [-0.3, -0.25) is 9.59 Å². The SMILES string of the molecule is COc1ccc2c(CC(=O)NCc3cn(CC(=O)O)nn3)coc2c1. The number of nitrogens with one attached hydrogen (secondary N) is 1. The topological polar surface area (TPSA) is 119 Å². The van der Waals surface area contributed by atoms with Crippen molar-refractivity contribution in [2.45, 2.75) is 19.5 Å². The second kappa shape index (κ2) is 7.04. The van der Waals surface area contributed by atoms with Crippen LogP contribution in [0.3, 0.4) is 0 Å². The Morgan fingerprint density at radius 3 is 3.00 bits per heavy atom. The van der Waals surface area contributed by atoms with Crippen LogP contribution in [0, 0.1) is 0 Å². The molecule has 0 radical (unpaired) electrons. The number of nitrogens with zero attached hydrogens (tertiary/aromatic N) is 3. The Hall–Kier alpha value is -3.36. The maximum atomic E-state index is 12.1. The van der Waals surface area contributed by atoms with Crippen molar-refractivity contribution in [1.82, 2.24) is 20.3 Å². The minimum Gasteiger partial charge on any atom is -0.497 e. The zero-order chi connectivity index (χ0) is 17.8. The minimum absolute atomic E-state index is 0.155. The Morgan fingerprint density at radius 1 is 1.40 bits per heavy atom. The smallest absolute Gasteiger partial charge is 0.325 e. The number of amides is 1. The van der Waals surface area contributed by atoms with Gasteiger partial charge < -0.3 is 19.6 Å². The normalized spacial score (nSPS) is 10.8. The summed E-state index contributed by atoms with van der Waals surface area (Å²) in [5.74, 6) is -0.530. The highest BCUT2D eigenvalue weighted by atomic mass is 16.5. The third-order valence-corrected chi connectivity index (χ3v) is 3.56. The zero-order valence-electron chi connectivity index (χ0n) is 13.4. The number of rotatable bonds is 7. The highest BCUT2D eigenvalue weighted by Crippen LogP contribution is 2.25. The number of fused-ring (bicyclic) bond motifs is 1. The first kappa shape index (κ1) is 16.5. The molecule has 0 aliphatic heterocycles. The molecule has 9 heteroatoms. The number of benzene rings is 1. The molecule has 3 rings (SSSR count). The number of carbonyl (C=O) groups excluding carboxylic acids is 1. The van der Waals surface area contributed by atoms with Crippen molar-refractivity contribution < 1.29 is 23.8 Å². The van der Waals surface area contributed by atoms with E-state index < -0.39 is 5.97 Å². The summed E-state index contributed by atoms with van der Waals surface area (Å²) in [4.78, 5) is 22.7. The van der Waals surface area contributed by atoms with Gasteiger partial charge in [-0.1, -0.05) is 5.21 Å². The van der Waals surface area contributed by atoms with E-state index in [0.29, 0.717) is 17.0 Å². The molecule has 1 aromatic carbocycles. The van der Waals surface area contributed by atoms with E-state index in [9.17, 15) is 9.59 Å². The summed E-state index contributed by atoms with van der Waals surface area (Å²) in [6.07, 6.45) is 3.18. The average molecular weight is 344 g/mol. The number of methoxy groups -OCH3 is 1. The number of hydrogen-bond donors (Lipinski definition) is 2. The fraction of sp³-hybridized carbons (Fsp3) is 0.250. The summed E-state index contributed by atoms with van der Waals surface area (Å²) in [6.45, 7) is -0.104. The molecule has 0 fully saturated rings. The van der Waals surface area contributed by atoms with Crippen molar-refractivity contribution in [3.63, 3.8) is 0 Å². The van der Waals surface area contributed by atoms with E-state index in [2.05, 4.69) is 15.6 Å². The lowest BCUT2D eigenvalue weighted by Gasteiger charge is -2.02. The Kier molecular flexibility index (Phi) is 4.64. The first-order valence-corrected chi connectivity index (χ1v) is 7.47. The van der Waals surface area contributed by atoms with E-state index in [1.165, 1.54) is 10.9 Å². The van der Waals surface area contributed by atoms with Crippen LogP contribution in [-0.2, 0) is 29.1 Å². The monoisotopic (exact) mass is 344 g/mol. The van der Waals surface area contributed by atoms with E-state index in [4.69, 9.17) is 14.3 Å². The first-order chi connectivity index (χ1) is 12.0. The molecule has 0 unspecified atom stereocenters. The van der Waals surface area contributed by atoms with Gasteiger partial charge in [0.1, 0.15) is 23.6 Å². The Labute approximate surface area is 142 Å². The van der Waals surface area contributed by atoms with Gasteiger partial charge in [0.15, 0.2) is 0 Å². The van der Waals surface area contributed by atoms with Crippen molar-refractivity contribution >= 4 is 22.8 Å². The second-order valence-electron chi connectivity index (χ2n) is 5.38. The predicted molar refractivity (Wildman–Crippen MR) is 86.0 cm³/mol. The number of ether oxygens (including phenoxy) is 1. The van der Waals surface area contributed by atoms with Gasteiger partial charge in [0.2, 0.25) is 5.91 Å². The molecule has 0 saturated carbocycles. The lowest BCUT2D eigenvalue weighted by Crippen LogP contribution is -2.24. The molecule has 0 saturated heterocycles. The summed E-state index contributed by atoms with van der Waals surface area (Å²) in [6, 6.07) is 5.41. The summed E-state index contributed by atoms with van der Waals surface area (Å²) in [7, 11) is 1.57. The van der Waals surface area contributed by atoms with Gasteiger partial charge in [-0.15, -0.1) is 5.10 Å². The van der Waals surface area contributed by atoms with E-state index >= 15 is 0 Å². The third kappa shape index (κ3) is 3.94. The molecule has 1 amide bonds. The second-order valence-corrected chi connectivity index (χ2v) is 5.38. The fourth-order valence-corrected chi connectivity index (χ4v) is 2.39. The first-order valence-electron chi connectivity index (χ1n) is 7.47. The van der Waals surface area contributed by atoms with E-state index in [-0.39, 0.29) is 25.4 Å². The van der Waals surface area contributed by atoms with Crippen molar-refractivity contribution in [1.29, 1.82) is 0 Å². The Balaban J connectivity index is 1.59. The van der Waals surface area contributed by atoms with Gasteiger partial charge in [-0.05, 0) is 12.1 Å². The largest absolute Gasteiger partial charge is 0.497 e. The molecule has 3 aromatic rings. The van der Waals surface area contributed by atoms with Crippen LogP contribution >= 0.6 is 0 Å². The van der Waals surface area contributed by atoms with Gasteiger partial charge in [0, 0.05) is 17.0 Å². The molecular weight excluding hydrogens is 328 g/mol. The molecular formula is C16H16N4O5. The van der Waals surface area contributed by atoms with Gasteiger partial charge in [-0.2, -0.15) is 0 Å². The Bertz CT molecular complexity index is 914. The molecule has 2 heterocycles. The standard InChI is InChI=1S/C16H16N4O5/c1-24-12-2-3-13-10(9-25-14(13)5-12)4-15(21)17-6-11-7-20(19-18-11)8-16(22)23/h2-3,5,7,9H,4,6,8H2,1H3,(H,17,21)(H,22,23). The molecule has 0 aliphatic carbocycles.